The van der Waals surface area contributed by atoms with Gasteiger partial charge in [0, 0.05) is 18.8 Å². The number of hydrogen-bond donors (Lipinski definition) is 3. The van der Waals surface area contributed by atoms with Gasteiger partial charge in [-0.15, -0.1) is 0 Å². The summed E-state index contributed by atoms with van der Waals surface area (Å²) in [5, 5.41) is 17.4. The molecule has 4 bridgehead atoms. The third kappa shape index (κ3) is 3.29. The highest BCUT2D eigenvalue weighted by molar-refractivity contribution is 5.95. The molecular weight excluding hydrogens is 384 g/mol. The third-order valence-corrected chi connectivity index (χ3v) is 7.81. The summed E-state index contributed by atoms with van der Waals surface area (Å²) in [5.41, 5.74) is 0.706. The summed E-state index contributed by atoms with van der Waals surface area (Å²) in [7, 11) is 0. The number of aromatic nitrogens is 2. The molecule has 3 N–H and O–H groups in total. The third-order valence-electron chi connectivity index (χ3n) is 7.81. The largest absolute Gasteiger partial charge is 0.390 e. The van der Waals surface area contributed by atoms with Gasteiger partial charge in [0.25, 0.3) is 5.91 Å². The van der Waals surface area contributed by atoms with Crippen LogP contribution in [0, 0.1) is 17.8 Å². The van der Waals surface area contributed by atoms with Crippen molar-refractivity contribution >= 4 is 11.9 Å². The van der Waals surface area contributed by atoms with Crippen molar-refractivity contribution in [3.63, 3.8) is 0 Å². The van der Waals surface area contributed by atoms with Gasteiger partial charge in [-0.2, -0.15) is 0 Å². The van der Waals surface area contributed by atoms with Crippen LogP contribution in [0.1, 0.15) is 67.1 Å². The van der Waals surface area contributed by atoms with Crippen molar-refractivity contribution in [2.24, 2.45) is 17.8 Å². The van der Waals surface area contributed by atoms with Crippen molar-refractivity contribution in [3.05, 3.63) is 17.5 Å². The van der Waals surface area contributed by atoms with Gasteiger partial charge < -0.3 is 25.2 Å². The first-order valence-corrected chi connectivity index (χ1v) is 11.4. The summed E-state index contributed by atoms with van der Waals surface area (Å²) in [5.74, 6) is 1.78. The molecule has 1 aromatic heterocycles. The zero-order valence-electron chi connectivity index (χ0n) is 17.2. The van der Waals surface area contributed by atoms with Crippen molar-refractivity contribution < 1.29 is 19.4 Å². The van der Waals surface area contributed by atoms with Crippen molar-refractivity contribution in [1.82, 2.24) is 15.3 Å². The Bertz CT molecular complexity index is 822. The Labute approximate surface area is 176 Å². The molecule has 162 valence electrons. The number of ether oxygens (including phenoxy) is 2. The summed E-state index contributed by atoms with van der Waals surface area (Å²) in [6.45, 7) is 2.00. The average Bonchev–Trinajstić information content (AvgIpc) is 3.21. The number of anilines is 1. The van der Waals surface area contributed by atoms with E-state index >= 15 is 0 Å². The molecule has 0 spiro atoms. The molecule has 8 nitrogen and oxygen atoms in total. The second-order valence-electron chi connectivity index (χ2n) is 10.1. The topological polar surface area (TPSA) is 106 Å². The predicted octanol–water partition coefficient (Wildman–Crippen LogP) is 1.81. The Morgan fingerprint density at radius 1 is 1.20 bits per heavy atom. The molecule has 1 amide bonds. The normalized spacial score (nSPS) is 39.7. The Morgan fingerprint density at radius 2 is 2.00 bits per heavy atom. The molecule has 3 atom stereocenters. The molecule has 0 radical (unpaired) electrons. The fourth-order valence-corrected chi connectivity index (χ4v) is 6.63. The molecule has 4 aliphatic carbocycles. The van der Waals surface area contributed by atoms with Crippen molar-refractivity contribution in [3.8, 4) is 0 Å². The summed E-state index contributed by atoms with van der Waals surface area (Å²) >= 11 is 0. The highest BCUT2D eigenvalue weighted by Gasteiger charge is 2.55. The minimum atomic E-state index is -0.498. The van der Waals surface area contributed by atoms with E-state index in [1.807, 2.05) is 0 Å². The van der Waals surface area contributed by atoms with Crippen LogP contribution in [0.4, 0.5) is 5.95 Å². The van der Waals surface area contributed by atoms with Gasteiger partial charge in [0.05, 0.1) is 36.1 Å². The first-order chi connectivity index (χ1) is 14.6. The van der Waals surface area contributed by atoms with Crippen LogP contribution < -0.4 is 10.6 Å². The monoisotopic (exact) mass is 414 g/mol. The van der Waals surface area contributed by atoms with Crippen molar-refractivity contribution in [2.45, 2.75) is 68.7 Å². The lowest BCUT2D eigenvalue weighted by Crippen LogP contribution is -2.61. The number of nitrogens with one attached hydrogen (secondary N) is 2. The molecular formula is C22H30N4O4. The van der Waals surface area contributed by atoms with Gasteiger partial charge in [-0.1, -0.05) is 0 Å². The molecule has 3 heterocycles. The molecule has 6 aliphatic rings. The molecule has 3 unspecified atom stereocenters. The van der Waals surface area contributed by atoms with Crippen LogP contribution >= 0.6 is 0 Å². The Balaban J connectivity index is 1.23. The number of hydrogen-bond acceptors (Lipinski definition) is 7. The zero-order chi connectivity index (χ0) is 20.3. The van der Waals surface area contributed by atoms with Crippen molar-refractivity contribution in [1.29, 1.82) is 0 Å². The first-order valence-electron chi connectivity index (χ1n) is 11.4. The fourth-order valence-electron chi connectivity index (χ4n) is 6.63. The number of rotatable bonds is 5. The Kier molecular flexibility index (Phi) is 4.51. The predicted molar refractivity (Wildman–Crippen MR) is 108 cm³/mol. The molecule has 2 saturated heterocycles. The number of aliphatic hydroxyl groups is 1. The van der Waals surface area contributed by atoms with E-state index in [-0.39, 0.29) is 24.1 Å². The molecule has 2 aliphatic heterocycles. The second kappa shape index (κ2) is 7.14. The van der Waals surface area contributed by atoms with Crippen LogP contribution in [0.5, 0.6) is 0 Å². The smallest absolute Gasteiger partial charge is 0.255 e. The highest BCUT2D eigenvalue weighted by Crippen LogP contribution is 2.55. The minimum absolute atomic E-state index is 0.108. The Morgan fingerprint density at radius 3 is 2.63 bits per heavy atom. The summed E-state index contributed by atoms with van der Waals surface area (Å²) < 4.78 is 11.1. The highest BCUT2D eigenvalue weighted by atomic mass is 16.5. The van der Waals surface area contributed by atoms with Crippen LogP contribution in [-0.4, -0.2) is 58.5 Å². The SMILES string of the molecule is O=C(N[C@H]1C2CC3CC1C[C@@](O)(C3)C2)c1cnc(NC2COC2)nc1C1CCCO1. The van der Waals surface area contributed by atoms with Gasteiger partial charge in [0.15, 0.2) is 0 Å². The lowest BCUT2D eigenvalue weighted by Gasteiger charge is -2.58. The van der Waals surface area contributed by atoms with Gasteiger partial charge in [0.1, 0.15) is 6.10 Å². The lowest BCUT2D eigenvalue weighted by atomic mass is 9.52. The van der Waals surface area contributed by atoms with E-state index < -0.39 is 5.60 Å². The van der Waals surface area contributed by atoms with Crippen LogP contribution in [0.15, 0.2) is 6.20 Å². The molecule has 7 rings (SSSR count). The Hall–Kier alpha value is -1.77. The van der Waals surface area contributed by atoms with E-state index in [0.29, 0.717) is 54.8 Å². The summed E-state index contributed by atoms with van der Waals surface area (Å²) in [6, 6.07) is 0.359. The molecule has 30 heavy (non-hydrogen) atoms. The van der Waals surface area contributed by atoms with Crippen LogP contribution in [0.3, 0.4) is 0 Å². The molecule has 1 aromatic rings. The molecule has 4 saturated carbocycles. The number of carbonyl (C=O) groups excluding carboxylic acids is 1. The van der Waals surface area contributed by atoms with Gasteiger partial charge >= 0.3 is 0 Å². The van der Waals surface area contributed by atoms with Crippen LogP contribution in [0.25, 0.3) is 0 Å². The summed E-state index contributed by atoms with van der Waals surface area (Å²) in [4.78, 5) is 22.4. The lowest BCUT2D eigenvalue weighted by molar-refractivity contribution is -0.136. The molecule has 6 fully saturated rings. The van der Waals surface area contributed by atoms with E-state index in [1.54, 1.807) is 6.20 Å². The van der Waals surface area contributed by atoms with Crippen LogP contribution in [0.2, 0.25) is 0 Å². The molecule has 0 aromatic carbocycles. The quantitative estimate of drug-likeness (QED) is 0.675. The van der Waals surface area contributed by atoms with Gasteiger partial charge in [-0.25, -0.2) is 9.97 Å². The standard InChI is InChI=1S/C22H30N4O4/c27-20(25-18-13-4-12-5-14(18)8-22(28,6-12)7-13)16-9-23-21(24-15-10-29-11-15)26-19(16)17-2-1-3-30-17/h9,12-15,17-18,28H,1-8,10-11H2,(H,25,27)(H,23,24,26)/t12?,13?,14?,17?,18-,22+. The van der Waals surface area contributed by atoms with Gasteiger partial charge in [0.2, 0.25) is 5.95 Å². The average molecular weight is 415 g/mol. The summed E-state index contributed by atoms with van der Waals surface area (Å²) in [6.07, 6.45) is 8.12. The second-order valence-corrected chi connectivity index (χ2v) is 10.1. The number of amides is 1. The molecule has 8 heteroatoms. The fraction of sp³-hybridized carbons (Fsp3) is 0.773. The van der Waals surface area contributed by atoms with Gasteiger partial charge in [-0.05, 0) is 62.7 Å². The van der Waals surface area contributed by atoms with E-state index in [9.17, 15) is 9.90 Å². The number of carbonyl (C=O) groups is 1. The maximum Gasteiger partial charge on any atom is 0.255 e. The van der Waals surface area contributed by atoms with Crippen molar-refractivity contribution in [2.75, 3.05) is 25.1 Å². The maximum atomic E-state index is 13.3. The maximum absolute atomic E-state index is 13.3. The zero-order valence-corrected chi connectivity index (χ0v) is 17.2. The van der Waals surface area contributed by atoms with Gasteiger partial charge in [-0.3, -0.25) is 4.79 Å². The van der Waals surface area contributed by atoms with E-state index in [0.717, 1.165) is 44.9 Å². The first kappa shape index (κ1) is 19.0. The van der Waals surface area contributed by atoms with E-state index in [4.69, 9.17) is 9.47 Å². The minimum Gasteiger partial charge on any atom is -0.390 e. The van der Waals surface area contributed by atoms with E-state index in [1.165, 1.54) is 0 Å². The van der Waals surface area contributed by atoms with E-state index in [2.05, 4.69) is 20.6 Å². The number of nitrogens with zero attached hydrogens (tertiary/aromatic N) is 2. The van der Waals surface area contributed by atoms with Crippen LogP contribution in [-0.2, 0) is 9.47 Å².